The van der Waals surface area contributed by atoms with Gasteiger partial charge in [0.15, 0.2) is 0 Å². The number of aryl methyl sites for hydroxylation is 1. The third-order valence-corrected chi connectivity index (χ3v) is 3.26. The quantitative estimate of drug-likeness (QED) is 0.862. The number of nitrogens with zero attached hydrogens (tertiary/aromatic N) is 1. The number of rotatable bonds is 6. The van der Waals surface area contributed by atoms with Crippen molar-refractivity contribution >= 4 is 0 Å². The zero-order valence-electron chi connectivity index (χ0n) is 11.9. The van der Waals surface area contributed by atoms with Crippen LogP contribution in [-0.2, 0) is 13.1 Å². The molecule has 0 aliphatic rings. The molecule has 1 aromatic carbocycles. The van der Waals surface area contributed by atoms with Gasteiger partial charge in [0, 0.05) is 24.0 Å². The Morgan fingerprint density at radius 3 is 2.84 bits per heavy atom. The van der Waals surface area contributed by atoms with Gasteiger partial charge in [-0.15, -0.1) is 0 Å². The van der Waals surface area contributed by atoms with Gasteiger partial charge >= 0.3 is 0 Å². The van der Waals surface area contributed by atoms with E-state index in [1.807, 2.05) is 6.07 Å². The molecule has 1 heterocycles. The molecule has 0 bridgehead atoms. The Balaban J connectivity index is 2.21. The third kappa shape index (κ3) is 3.38. The molecule has 0 saturated heterocycles. The number of benzene rings is 1. The maximum absolute atomic E-state index is 5.44. The van der Waals surface area contributed by atoms with Crippen LogP contribution in [0.1, 0.15) is 23.7 Å². The molecule has 0 amide bonds. The average molecular weight is 258 g/mol. The van der Waals surface area contributed by atoms with Gasteiger partial charge in [0.1, 0.15) is 5.75 Å². The van der Waals surface area contributed by atoms with Crippen LogP contribution in [0.4, 0.5) is 0 Å². The van der Waals surface area contributed by atoms with Crippen LogP contribution in [0.2, 0.25) is 0 Å². The Labute approximate surface area is 115 Å². The van der Waals surface area contributed by atoms with Gasteiger partial charge in [-0.1, -0.05) is 24.6 Å². The number of hydrogen-bond acceptors (Lipinski definition) is 2. The highest BCUT2D eigenvalue weighted by molar-refractivity contribution is 5.37. The van der Waals surface area contributed by atoms with Gasteiger partial charge in [0.25, 0.3) is 0 Å². The van der Waals surface area contributed by atoms with Gasteiger partial charge < -0.3 is 14.6 Å². The Hall–Kier alpha value is -1.74. The molecule has 1 aromatic heterocycles. The SMILES string of the molecule is CCNCc1cccn1Cc1cc(C)ccc1OC. The first-order chi connectivity index (χ1) is 9.24. The fourth-order valence-electron chi connectivity index (χ4n) is 2.23. The molecule has 3 heteroatoms. The number of nitrogens with one attached hydrogen (secondary N) is 1. The van der Waals surface area contributed by atoms with E-state index in [-0.39, 0.29) is 0 Å². The summed E-state index contributed by atoms with van der Waals surface area (Å²) < 4.78 is 7.70. The molecular weight excluding hydrogens is 236 g/mol. The van der Waals surface area contributed by atoms with Crippen LogP contribution in [0.15, 0.2) is 36.5 Å². The van der Waals surface area contributed by atoms with E-state index in [0.29, 0.717) is 0 Å². The van der Waals surface area contributed by atoms with Gasteiger partial charge in [0.2, 0.25) is 0 Å². The van der Waals surface area contributed by atoms with E-state index in [9.17, 15) is 0 Å². The highest BCUT2D eigenvalue weighted by Gasteiger charge is 2.06. The van der Waals surface area contributed by atoms with Gasteiger partial charge in [-0.05, 0) is 31.7 Å². The lowest BCUT2D eigenvalue weighted by Gasteiger charge is -2.13. The summed E-state index contributed by atoms with van der Waals surface area (Å²) in [7, 11) is 1.73. The van der Waals surface area contributed by atoms with Crippen LogP contribution in [0.3, 0.4) is 0 Å². The van der Waals surface area contributed by atoms with Crippen LogP contribution in [0.5, 0.6) is 5.75 Å². The summed E-state index contributed by atoms with van der Waals surface area (Å²) in [6.45, 7) is 6.96. The monoisotopic (exact) mass is 258 g/mol. The van der Waals surface area contributed by atoms with Crippen LogP contribution in [0, 0.1) is 6.92 Å². The molecule has 1 N–H and O–H groups in total. The second-order valence-corrected chi connectivity index (χ2v) is 4.72. The molecule has 0 atom stereocenters. The minimum atomic E-state index is 0.846. The molecule has 3 nitrogen and oxygen atoms in total. The Morgan fingerprint density at radius 2 is 2.11 bits per heavy atom. The molecule has 0 saturated carbocycles. The van der Waals surface area contributed by atoms with Crippen LogP contribution >= 0.6 is 0 Å². The van der Waals surface area contributed by atoms with E-state index in [0.717, 1.165) is 25.4 Å². The minimum absolute atomic E-state index is 0.846. The maximum Gasteiger partial charge on any atom is 0.123 e. The highest BCUT2D eigenvalue weighted by atomic mass is 16.5. The van der Waals surface area contributed by atoms with Gasteiger partial charge in [0.05, 0.1) is 13.7 Å². The van der Waals surface area contributed by atoms with Crippen molar-refractivity contribution in [2.75, 3.05) is 13.7 Å². The van der Waals surface area contributed by atoms with E-state index in [1.54, 1.807) is 7.11 Å². The molecule has 0 aliphatic carbocycles. The van der Waals surface area contributed by atoms with Crippen molar-refractivity contribution < 1.29 is 4.74 Å². The molecule has 2 aromatic rings. The Kier molecular flexibility index (Phi) is 4.63. The number of hydrogen-bond donors (Lipinski definition) is 1. The summed E-state index contributed by atoms with van der Waals surface area (Å²) in [5, 5.41) is 3.36. The zero-order chi connectivity index (χ0) is 13.7. The van der Waals surface area contributed by atoms with Crippen molar-refractivity contribution in [3.8, 4) is 5.75 Å². The van der Waals surface area contributed by atoms with Gasteiger partial charge in [-0.3, -0.25) is 0 Å². The smallest absolute Gasteiger partial charge is 0.123 e. The first-order valence-electron chi connectivity index (χ1n) is 6.73. The maximum atomic E-state index is 5.44. The van der Waals surface area contributed by atoms with E-state index in [1.165, 1.54) is 16.8 Å². The molecule has 0 radical (unpaired) electrons. The van der Waals surface area contributed by atoms with E-state index < -0.39 is 0 Å². The number of aromatic nitrogens is 1. The summed E-state index contributed by atoms with van der Waals surface area (Å²) in [6, 6.07) is 10.6. The number of ether oxygens (including phenoxy) is 1. The fraction of sp³-hybridized carbons (Fsp3) is 0.375. The molecule has 102 valence electrons. The lowest BCUT2D eigenvalue weighted by Crippen LogP contribution is -2.15. The van der Waals surface area contributed by atoms with E-state index in [2.05, 4.69) is 54.2 Å². The summed E-state index contributed by atoms with van der Waals surface area (Å²) in [5.74, 6) is 0.953. The summed E-state index contributed by atoms with van der Waals surface area (Å²) >= 11 is 0. The number of methoxy groups -OCH3 is 1. The summed E-state index contributed by atoms with van der Waals surface area (Å²) in [5.41, 5.74) is 3.78. The average Bonchev–Trinajstić information content (AvgIpc) is 2.84. The molecule has 0 fully saturated rings. The summed E-state index contributed by atoms with van der Waals surface area (Å²) in [4.78, 5) is 0. The van der Waals surface area contributed by atoms with Crippen LogP contribution < -0.4 is 10.1 Å². The van der Waals surface area contributed by atoms with Gasteiger partial charge in [-0.2, -0.15) is 0 Å². The van der Waals surface area contributed by atoms with Crippen molar-refractivity contribution in [3.05, 3.63) is 53.3 Å². The predicted octanol–water partition coefficient (Wildman–Crippen LogP) is 2.96. The van der Waals surface area contributed by atoms with Crippen molar-refractivity contribution in [2.45, 2.75) is 26.9 Å². The second kappa shape index (κ2) is 6.43. The Morgan fingerprint density at radius 1 is 1.26 bits per heavy atom. The molecule has 2 rings (SSSR count). The Bertz CT molecular complexity index is 531. The molecule has 0 aliphatic heterocycles. The largest absolute Gasteiger partial charge is 0.496 e. The van der Waals surface area contributed by atoms with Crippen LogP contribution in [-0.4, -0.2) is 18.2 Å². The molecule has 0 spiro atoms. The summed E-state index contributed by atoms with van der Waals surface area (Å²) in [6.07, 6.45) is 2.12. The normalized spacial score (nSPS) is 10.7. The molecule has 19 heavy (non-hydrogen) atoms. The third-order valence-electron chi connectivity index (χ3n) is 3.26. The lowest BCUT2D eigenvalue weighted by atomic mass is 10.1. The highest BCUT2D eigenvalue weighted by Crippen LogP contribution is 2.21. The first kappa shape index (κ1) is 13.7. The zero-order valence-corrected chi connectivity index (χ0v) is 11.9. The topological polar surface area (TPSA) is 26.2 Å². The van der Waals surface area contributed by atoms with E-state index >= 15 is 0 Å². The first-order valence-corrected chi connectivity index (χ1v) is 6.73. The van der Waals surface area contributed by atoms with Crippen molar-refractivity contribution in [1.82, 2.24) is 9.88 Å². The van der Waals surface area contributed by atoms with Crippen molar-refractivity contribution in [3.63, 3.8) is 0 Å². The molecular formula is C16H22N2O. The standard InChI is InChI=1S/C16H22N2O/c1-4-17-11-15-6-5-9-18(15)12-14-10-13(2)7-8-16(14)19-3/h5-10,17H,4,11-12H2,1-3H3. The van der Waals surface area contributed by atoms with Crippen molar-refractivity contribution in [1.29, 1.82) is 0 Å². The van der Waals surface area contributed by atoms with Crippen LogP contribution in [0.25, 0.3) is 0 Å². The minimum Gasteiger partial charge on any atom is -0.496 e. The molecule has 0 unspecified atom stereocenters. The van der Waals surface area contributed by atoms with E-state index in [4.69, 9.17) is 4.74 Å². The second-order valence-electron chi connectivity index (χ2n) is 4.72. The predicted molar refractivity (Wildman–Crippen MR) is 78.6 cm³/mol. The fourth-order valence-corrected chi connectivity index (χ4v) is 2.23. The lowest BCUT2D eigenvalue weighted by molar-refractivity contribution is 0.408. The van der Waals surface area contributed by atoms with Gasteiger partial charge in [-0.25, -0.2) is 0 Å². The van der Waals surface area contributed by atoms with Crippen molar-refractivity contribution in [2.24, 2.45) is 0 Å².